The predicted octanol–water partition coefficient (Wildman–Crippen LogP) is 11.0. The van der Waals surface area contributed by atoms with Crippen LogP contribution in [0.25, 0.3) is 66.0 Å². The minimum Gasteiger partial charge on any atom is -0.455 e. The molecule has 0 fully saturated rings. The highest BCUT2D eigenvalue weighted by Crippen LogP contribution is 2.39. The SMILES string of the molecule is c1ccc(C2=NC(c3cccc4c3oc3c(-c5ccccc5)cccc34)=NC(n3c4ccccc4c4ccc(-c5ccccc5)cc43)N2)cc1. The third kappa shape index (κ3) is 4.55. The van der Waals surface area contributed by atoms with Crippen LogP contribution in [0, 0.1) is 0 Å². The maximum absolute atomic E-state index is 6.82. The van der Waals surface area contributed by atoms with Gasteiger partial charge in [-0.05, 0) is 34.9 Å². The van der Waals surface area contributed by atoms with E-state index in [2.05, 4.69) is 155 Å². The molecule has 5 heteroatoms. The molecule has 3 heterocycles. The molecule has 9 aromatic rings. The number of aromatic nitrogens is 1. The normalized spacial score (nSPS) is 14.6. The summed E-state index contributed by atoms with van der Waals surface area (Å²) in [5.41, 5.74) is 10.2. The lowest BCUT2D eigenvalue weighted by atomic mass is 10.0. The molecule has 1 atom stereocenters. The number of rotatable bonds is 5. The van der Waals surface area contributed by atoms with Crippen LogP contribution in [0.3, 0.4) is 0 Å². The summed E-state index contributed by atoms with van der Waals surface area (Å²) in [4.78, 5) is 10.6. The third-order valence-corrected chi connectivity index (χ3v) is 9.69. The van der Waals surface area contributed by atoms with E-state index < -0.39 is 6.29 Å². The fraction of sp³-hybridized carbons (Fsp3) is 0.0222. The number of benzene rings is 7. The van der Waals surface area contributed by atoms with Crippen LogP contribution < -0.4 is 5.32 Å². The molecule has 0 amide bonds. The Balaban J connectivity index is 1.21. The van der Waals surface area contributed by atoms with Crippen LogP contribution in [0.4, 0.5) is 0 Å². The summed E-state index contributed by atoms with van der Waals surface area (Å²) in [6.45, 7) is 0. The Kier molecular flexibility index (Phi) is 6.49. The summed E-state index contributed by atoms with van der Waals surface area (Å²) >= 11 is 0. The van der Waals surface area contributed by atoms with Gasteiger partial charge in [0.2, 0.25) is 6.29 Å². The monoisotopic (exact) mass is 642 g/mol. The minimum atomic E-state index is -0.481. The van der Waals surface area contributed by atoms with Crippen molar-refractivity contribution in [1.29, 1.82) is 0 Å². The molecule has 0 aliphatic carbocycles. The summed E-state index contributed by atoms with van der Waals surface area (Å²) in [5, 5.41) is 8.17. The minimum absolute atomic E-state index is 0.481. The maximum Gasteiger partial charge on any atom is 0.204 e. The number of furan rings is 1. The zero-order valence-corrected chi connectivity index (χ0v) is 27.0. The van der Waals surface area contributed by atoms with Crippen molar-refractivity contribution in [3.05, 3.63) is 181 Å². The molecule has 1 N–H and O–H groups in total. The Morgan fingerprint density at radius 2 is 1.04 bits per heavy atom. The van der Waals surface area contributed by atoms with Gasteiger partial charge >= 0.3 is 0 Å². The van der Waals surface area contributed by atoms with Gasteiger partial charge in [-0.15, -0.1) is 0 Å². The fourth-order valence-corrected chi connectivity index (χ4v) is 7.35. The lowest BCUT2D eigenvalue weighted by molar-refractivity contribution is 0.515. The average molecular weight is 643 g/mol. The lowest BCUT2D eigenvalue weighted by Crippen LogP contribution is -2.36. The largest absolute Gasteiger partial charge is 0.455 e. The molecule has 0 saturated carbocycles. The predicted molar refractivity (Wildman–Crippen MR) is 206 cm³/mol. The Morgan fingerprint density at radius 3 is 1.78 bits per heavy atom. The third-order valence-electron chi connectivity index (χ3n) is 9.69. The Morgan fingerprint density at radius 1 is 0.460 bits per heavy atom. The van der Waals surface area contributed by atoms with Gasteiger partial charge < -0.3 is 14.3 Å². The topological polar surface area (TPSA) is 54.8 Å². The van der Waals surface area contributed by atoms with E-state index in [1.54, 1.807) is 0 Å². The summed E-state index contributed by atoms with van der Waals surface area (Å²) in [5.74, 6) is 1.37. The van der Waals surface area contributed by atoms with E-state index in [0.29, 0.717) is 5.84 Å². The average Bonchev–Trinajstić information content (AvgIpc) is 3.74. The highest BCUT2D eigenvalue weighted by molar-refractivity contribution is 6.20. The molecule has 10 rings (SSSR count). The van der Waals surface area contributed by atoms with Gasteiger partial charge in [-0.2, -0.15) is 0 Å². The van der Waals surface area contributed by atoms with Gasteiger partial charge in [0.15, 0.2) is 5.84 Å². The number of amidine groups is 2. The first-order chi connectivity index (χ1) is 24.8. The van der Waals surface area contributed by atoms with E-state index in [9.17, 15) is 0 Å². The number of aliphatic imine (C=N–C) groups is 2. The first-order valence-electron chi connectivity index (χ1n) is 16.9. The summed E-state index contributed by atoms with van der Waals surface area (Å²) in [6, 6.07) is 59.1. The molecule has 7 aromatic carbocycles. The highest BCUT2D eigenvalue weighted by Gasteiger charge is 2.26. The van der Waals surface area contributed by atoms with E-state index in [1.807, 2.05) is 24.3 Å². The summed E-state index contributed by atoms with van der Waals surface area (Å²) in [6.07, 6.45) is -0.481. The molecule has 1 aliphatic rings. The second-order valence-electron chi connectivity index (χ2n) is 12.6. The van der Waals surface area contributed by atoms with Crippen molar-refractivity contribution < 1.29 is 4.42 Å². The summed E-state index contributed by atoms with van der Waals surface area (Å²) < 4.78 is 9.12. The molecule has 0 bridgehead atoms. The van der Waals surface area contributed by atoms with Crippen molar-refractivity contribution in [3.63, 3.8) is 0 Å². The quantitative estimate of drug-likeness (QED) is 0.203. The smallest absolute Gasteiger partial charge is 0.204 e. The van der Waals surface area contributed by atoms with Gasteiger partial charge in [0.25, 0.3) is 0 Å². The second-order valence-corrected chi connectivity index (χ2v) is 12.6. The van der Waals surface area contributed by atoms with Crippen LogP contribution in [0.5, 0.6) is 0 Å². The van der Waals surface area contributed by atoms with Crippen molar-refractivity contribution in [2.24, 2.45) is 9.98 Å². The van der Waals surface area contributed by atoms with Crippen LogP contribution in [-0.4, -0.2) is 16.2 Å². The molecule has 0 saturated heterocycles. The standard InChI is InChI=1S/C45H30N4O/c1-4-14-29(15-5-1)32-26-27-35-34-20-10-11-25-39(34)49(40(35)28-32)45-47-43(31-18-8-3-9-19-31)46-44(48-45)38-24-13-23-37-36-22-12-21-33(41(36)50-42(37)38)30-16-6-2-7-17-30/h1-28,45H,(H,46,47,48). The van der Waals surface area contributed by atoms with Gasteiger partial charge in [0.05, 0.1) is 16.6 Å². The van der Waals surface area contributed by atoms with Crippen LogP contribution in [0.1, 0.15) is 17.4 Å². The molecule has 1 unspecified atom stereocenters. The maximum atomic E-state index is 6.82. The van der Waals surface area contributed by atoms with Gasteiger partial charge in [0.1, 0.15) is 17.0 Å². The number of hydrogen-bond acceptors (Lipinski definition) is 4. The molecular formula is C45H30N4O. The highest BCUT2D eigenvalue weighted by atomic mass is 16.3. The Labute approximate surface area is 288 Å². The van der Waals surface area contributed by atoms with E-state index in [-0.39, 0.29) is 0 Å². The van der Waals surface area contributed by atoms with Crippen LogP contribution in [0.15, 0.2) is 184 Å². The second kappa shape index (κ2) is 11.5. The molecular weight excluding hydrogens is 613 g/mol. The van der Waals surface area contributed by atoms with Crippen LogP contribution in [-0.2, 0) is 0 Å². The van der Waals surface area contributed by atoms with Crippen molar-refractivity contribution in [1.82, 2.24) is 9.88 Å². The molecule has 5 nitrogen and oxygen atoms in total. The van der Waals surface area contributed by atoms with E-state index in [1.165, 1.54) is 16.3 Å². The molecule has 2 aromatic heterocycles. The Bertz CT molecular complexity index is 2780. The number of nitrogens with one attached hydrogen (secondary N) is 1. The van der Waals surface area contributed by atoms with E-state index in [4.69, 9.17) is 14.4 Å². The summed E-state index contributed by atoms with van der Waals surface area (Å²) in [7, 11) is 0. The molecule has 50 heavy (non-hydrogen) atoms. The number of hydrogen-bond donors (Lipinski definition) is 1. The van der Waals surface area contributed by atoms with Crippen molar-refractivity contribution in [3.8, 4) is 22.3 Å². The molecule has 0 radical (unpaired) electrons. The zero-order chi connectivity index (χ0) is 33.0. The molecule has 1 aliphatic heterocycles. The van der Waals surface area contributed by atoms with E-state index >= 15 is 0 Å². The Hall–Kier alpha value is -6.72. The van der Waals surface area contributed by atoms with Crippen LogP contribution in [0.2, 0.25) is 0 Å². The first kappa shape index (κ1) is 28.3. The van der Waals surface area contributed by atoms with Crippen molar-refractivity contribution in [2.75, 3.05) is 0 Å². The van der Waals surface area contributed by atoms with Crippen LogP contribution >= 0.6 is 0 Å². The van der Waals surface area contributed by atoms with Gasteiger partial charge in [-0.1, -0.05) is 152 Å². The van der Waals surface area contributed by atoms with Gasteiger partial charge in [-0.3, -0.25) is 0 Å². The van der Waals surface area contributed by atoms with Gasteiger partial charge in [-0.25, -0.2) is 9.98 Å². The number of fused-ring (bicyclic) bond motifs is 6. The first-order valence-corrected chi connectivity index (χ1v) is 16.9. The number of para-hydroxylation sites is 3. The zero-order valence-electron chi connectivity index (χ0n) is 27.0. The molecule has 236 valence electrons. The van der Waals surface area contributed by atoms with Gasteiger partial charge in [0, 0.05) is 32.7 Å². The van der Waals surface area contributed by atoms with E-state index in [0.717, 1.165) is 66.6 Å². The molecule has 0 spiro atoms. The number of nitrogens with zero attached hydrogens (tertiary/aromatic N) is 3. The van der Waals surface area contributed by atoms with Crippen molar-refractivity contribution in [2.45, 2.75) is 6.29 Å². The lowest BCUT2D eigenvalue weighted by Gasteiger charge is -2.26. The van der Waals surface area contributed by atoms with Crippen molar-refractivity contribution >= 4 is 55.4 Å². The fourth-order valence-electron chi connectivity index (χ4n) is 7.35.